The molecule has 0 aliphatic carbocycles. The minimum Gasteiger partial charge on any atom is -0.376 e. The number of aromatic nitrogens is 2. The first kappa shape index (κ1) is 14.5. The summed E-state index contributed by atoms with van der Waals surface area (Å²) in [6, 6.07) is 1.86. The van der Waals surface area contributed by atoms with E-state index >= 15 is 0 Å². The summed E-state index contributed by atoms with van der Waals surface area (Å²) in [7, 11) is 0. The highest BCUT2D eigenvalue weighted by molar-refractivity contribution is 6.29. The monoisotopic (exact) mass is 283 g/mol. The molecule has 2 rings (SSSR count). The molecule has 106 valence electrons. The Morgan fingerprint density at radius 3 is 3.00 bits per heavy atom. The van der Waals surface area contributed by atoms with Gasteiger partial charge in [0.2, 0.25) is 0 Å². The predicted molar refractivity (Wildman–Crippen MR) is 77.9 cm³/mol. The van der Waals surface area contributed by atoms with Gasteiger partial charge in [0, 0.05) is 32.2 Å². The van der Waals surface area contributed by atoms with Gasteiger partial charge in [-0.1, -0.05) is 25.4 Å². The average molecular weight is 284 g/mol. The molecular weight excluding hydrogens is 262 g/mol. The summed E-state index contributed by atoms with van der Waals surface area (Å²) in [5.41, 5.74) is 0. The van der Waals surface area contributed by atoms with Gasteiger partial charge in [0.05, 0.1) is 6.10 Å². The van der Waals surface area contributed by atoms with Gasteiger partial charge in [-0.2, -0.15) is 0 Å². The van der Waals surface area contributed by atoms with E-state index in [0.29, 0.717) is 5.15 Å². The number of hydrogen-bond donors (Lipinski definition) is 0. The van der Waals surface area contributed by atoms with E-state index in [1.165, 1.54) is 0 Å². The molecule has 0 saturated carbocycles. The van der Waals surface area contributed by atoms with Gasteiger partial charge in [0.25, 0.3) is 0 Å². The molecule has 0 amide bonds. The topological polar surface area (TPSA) is 38.2 Å². The van der Waals surface area contributed by atoms with Gasteiger partial charge >= 0.3 is 0 Å². The molecule has 1 saturated heterocycles. The van der Waals surface area contributed by atoms with Gasteiger partial charge in [-0.3, -0.25) is 0 Å². The number of hydrogen-bond acceptors (Lipinski definition) is 4. The quantitative estimate of drug-likeness (QED) is 0.796. The number of ether oxygens (including phenoxy) is 1. The van der Waals surface area contributed by atoms with Crippen LogP contribution in [0.5, 0.6) is 0 Å². The molecule has 0 aromatic carbocycles. The number of rotatable bonds is 4. The van der Waals surface area contributed by atoms with Crippen LogP contribution in [0.1, 0.15) is 38.9 Å². The summed E-state index contributed by atoms with van der Waals surface area (Å²) in [4.78, 5) is 11.2. The van der Waals surface area contributed by atoms with E-state index in [9.17, 15) is 0 Å². The summed E-state index contributed by atoms with van der Waals surface area (Å²) < 4.78 is 5.79. The van der Waals surface area contributed by atoms with Crippen molar-refractivity contribution in [1.82, 2.24) is 9.97 Å². The Hall–Kier alpha value is -0.870. The molecule has 0 N–H and O–H groups in total. The van der Waals surface area contributed by atoms with Crippen LogP contribution in [0.2, 0.25) is 5.15 Å². The van der Waals surface area contributed by atoms with Gasteiger partial charge in [0.15, 0.2) is 0 Å². The number of aryl methyl sites for hydroxylation is 1. The standard InChI is InChI=1S/C14H22ClN3O/c1-3-6-13-16-12(15)9-14(17-13)18-7-5-8-19-11(4-2)10-18/h9,11H,3-8,10H2,1-2H3. The highest BCUT2D eigenvalue weighted by atomic mass is 35.5. The van der Waals surface area contributed by atoms with Gasteiger partial charge in [0.1, 0.15) is 16.8 Å². The normalized spacial score (nSPS) is 20.4. The van der Waals surface area contributed by atoms with Crippen molar-refractivity contribution in [3.05, 3.63) is 17.0 Å². The van der Waals surface area contributed by atoms with Crippen molar-refractivity contribution < 1.29 is 4.74 Å². The minimum atomic E-state index is 0.283. The lowest BCUT2D eigenvalue weighted by Crippen LogP contribution is -2.32. The molecule has 0 radical (unpaired) electrons. The number of halogens is 1. The molecule has 19 heavy (non-hydrogen) atoms. The van der Waals surface area contributed by atoms with Gasteiger partial charge in [-0.05, 0) is 19.3 Å². The Kier molecular flexibility index (Phi) is 5.40. The molecule has 0 spiro atoms. The summed E-state index contributed by atoms with van der Waals surface area (Å²) >= 11 is 6.11. The fraction of sp³-hybridized carbons (Fsp3) is 0.714. The maximum Gasteiger partial charge on any atom is 0.134 e. The molecule has 4 nitrogen and oxygen atoms in total. The Morgan fingerprint density at radius 2 is 2.26 bits per heavy atom. The second-order valence-electron chi connectivity index (χ2n) is 4.92. The molecule has 1 unspecified atom stereocenters. The van der Waals surface area contributed by atoms with Gasteiger partial charge in [-0.25, -0.2) is 9.97 Å². The Morgan fingerprint density at radius 1 is 1.42 bits per heavy atom. The van der Waals surface area contributed by atoms with E-state index in [4.69, 9.17) is 16.3 Å². The molecule has 1 aromatic rings. The maximum atomic E-state index is 6.11. The zero-order valence-electron chi connectivity index (χ0n) is 11.7. The molecule has 1 aliphatic rings. The molecule has 1 aromatic heterocycles. The maximum absolute atomic E-state index is 6.11. The van der Waals surface area contributed by atoms with Crippen LogP contribution >= 0.6 is 11.6 Å². The van der Waals surface area contributed by atoms with E-state index in [1.54, 1.807) is 0 Å². The lowest BCUT2D eigenvalue weighted by molar-refractivity contribution is 0.0664. The van der Waals surface area contributed by atoms with Crippen molar-refractivity contribution >= 4 is 17.4 Å². The number of nitrogens with zero attached hydrogens (tertiary/aromatic N) is 3. The third-order valence-electron chi connectivity index (χ3n) is 3.33. The summed E-state index contributed by atoms with van der Waals surface area (Å²) in [5, 5.41) is 0.534. The first-order chi connectivity index (χ1) is 9.22. The van der Waals surface area contributed by atoms with Crippen LogP contribution in [-0.2, 0) is 11.2 Å². The molecule has 5 heteroatoms. The van der Waals surface area contributed by atoms with Crippen molar-refractivity contribution in [2.45, 2.75) is 45.6 Å². The zero-order valence-corrected chi connectivity index (χ0v) is 12.5. The molecular formula is C14H22ClN3O. The van der Waals surface area contributed by atoms with Crippen LogP contribution in [-0.4, -0.2) is 35.8 Å². The lowest BCUT2D eigenvalue weighted by atomic mass is 10.2. The van der Waals surface area contributed by atoms with E-state index in [2.05, 4.69) is 28.7 Å². The van der Waals surface area contributed by atoms with Crippen LogP contribution in [0.25, 0.3) is 0 Å². The first-order valence-electron chi connectivity index (χ1n) is 7.13. The van der Waals surface area contributed by atoms with Crippen molar-refractivity contribution in [2.24, 2.45) is 0 Å². The average Bonchev–Trinajstić information content (AvgIpc) is 2.63. The second-order valence-corrected chi connectivity index (χ2v) is 5.30. The predicted octanol–water partition coefficient (Wildman–Crippen LogP) is 3.09. The first-order valence-corrected chi connectivity index (χ1v) is 7.50. The van der Waals surface area contributed by atoms with E-state index < -0.39 is 0 Å². The highest BCUT2D eigenvalue weighted by Gasteiger charge is 2.19. The van der Waals surface area contributed by atoms with Crippen molar-refractivity contribution in [2.75, 3.05) is 24.6 Å². The number of anilines is 1. The van der Waals surface area contributed by atoms with Crippen molar-refractivity contribution in [1.29, 1.82) is 0 Å². The fourth-order valence-corrected chi connectivity index (χ4v) is 2.49. The molecule has 1 fully saturated rings. The summed E-state index contributed by atoms with van der Waals surface area (Å²) in [6.07, 6.45) is 4.24. The second kappa shape index (κ2) is 7.06. The van der Waals surface area contributed by atoms with E-state index in [-0.39, 0.29) is 6.10 Å². The largest absolute Gasteiger partial charge is 0.376 e. The van der Waals surface area contributed by atoms with Gasteiger partial charge in [-0.15, -0.1) is 0 Å². The minimum absolute atomic E-state index is 0.283. The van der Waals surface area contributed by atoms with Gasteiger partial charge < -0.3 is 9.64 Å². The summed E-state index contributed by atoms with van der Waals surface area (Å²) in [5.74, 6) is 1.77. The Balaban J connectivity index is 2.18. The highest BCUT2D eigenvalue weighted by Crippen LogP contribution is 2.20. The molecule has 0 bridgehead atoms. The van der Waals surface area contributed by atoms with Crippen LogP contribution in [0, 0.1) is 0 Å². The van der Waals surface area contributed by atoms with E-state index in [1.807, 2.05) is 6.07 Å². The van der Waals surface area contributed by atoms with Crippen LogP contribution in [0.15, 0.2) is 6.07 Å². The Bertz CT molecular complexity index is 414. The van der Waals surface area contributed by atoms with Crippen LogP contribution in [0.4, 0.5) is 5.82 Å². The summed E-state index contributed by atoms with van der Waals surface area (Å²) in [6.45, 7) is 6.96. The third kappa shape index (κ3) is 4.05. The lowest BCUT2D eigenvalue weighted by Gasteiger charge is -2.24. The zero-order chi connectivity index (χ0) is 13.7. The molecule has 2 heterocycles. The SMILES string of the molecule is CCCc1nc(Cl)cc(N2CCCOC(CC)C2)n1. The molecule has 1 atom stereocenters. The van der Waals surface area contributed by atoms with Crippen LogP contribution in [0.3, 0.4) is 0 Å². The third-order valence-corrected chi connectivity index (χ3v) is 3.52. The van der Waals surface area contributed by atoms with Crippen LogP contribution < -0.4 is 4.90 Å². The van der Waals surface area contributed by atoms with Crippen molar-refractivity contribution in [3.8, 4) is 0 Å². The molecule has 1 aliphatic heterocycles. The smallest absolute Gasteiger partial charge is 0.134 e. The Labute approximate surface area is 120 Å². The fourth-order valence-electron chi connectivity index (χ4n) is 2.30. The van der Waals surface area contributed by atoms with E-state index in [0.717, 1.165) is 57.0 Å². The van der Waals surface area contributed by atoms with Crippen molar-refractivity contribution in [3.63, 3.8) is 0 Å².